The number of aromatic nitrogens is 5. The van der Waals surface area contributed by atoms with E-state index in [4.69, 9.17) is 17.0 Å². The van der Waals surface area contributed by atoms with Crippen molar-refractivity contribution in [1.29, 1.82) is 0 Å². The number of nitrogens with zero attached hydrogens (tertiary/aromatic N) is 4. The molecule has 0 saturated carbocycles. The van der Waals surface area contributed by atoms with Gasteiger partial charge in [0, 0.05) is 12.1 Å². The Bertz CT molecular complexity index is 1400. The summed E-state index contributed by atoms with van der Waals surface area (Å²) in [5.41, 5.74) is 3.63. The van der Waals surface area contributed by atoms with Crippen LogP contribution in [0.4, 0.5) is 5.69 Å². The van der Waals surface area contributed by atoms with Crippen molar-refractivity contribution >= 4 is 29.6 Å². The standard InChI is InChI=1S/C22H22N6O3S/c1-13-8-14(2)10-16(9-13)23-19(29)12-27-22(32)28-21(26-27)24-20(30)18(25-28)11-15-4-6-17(31-3)7-5-15/h4-10H,11-12H2,1-3H3,(H,23,29)(H,24,26,30). The van der Waals surface area contributed by atoms with Gasteiger partial charge in [-0.15, -0.1) is 5.10 Å². The molecule has 10 heteroatoms. The van der Waals surface area contributed by atoms with Crippen LogP contribution in [0.25, 0.3) is 5.78 Å². The van der Waals surface area contributed by atoms with E-state index in [1.165, 1.54) is 9.20 Å². The van der Waals surface area contributed by atoms with Crippen molar-refractivity contribution in [1.82, 2.24) is 24.4 Å². The van der Waals surface area contributed by atoms with Crippen molar-refractivity contribution in [3.05, 3.63) is 80.0 Å². The normalized spacial score (nSPS) is 11.0. The fourth-order valence-electron chi connectivity index (χ4n) is 3.45. The van der Waals surface area contributed by atoms with Crippen LogP contribution in [0.3, 0.4) is 0 Å². The molecule has 2 heterocycles. The lowest BCUT2D eigenvalue weighted by atomic mass is 10.1. The highest BCUT2D eigenvalue weighted by Gasteiger charge is 2.13. The van der Waals surface area contributed by atoms with Crippen LogP contribution in [0.2, 0.25) is 0 Å². The lowest BCUT2D eigenvalue weighted by Crippen LogP contribution is -2.20. The molecule has 0 aliphatic carbocycles. The first-order valence-electron chi connectivity index (χ1n) is 9.92. The molecule has 4 aromatic rings. The summed E-state index contributed by atoms with van der Waals surface area (Å²) in [6, 6.07) is 13.2. The second-order valence-corrected chi connectivity index (χ2v) is 7.89. The van der Waals surface area contributed by atoms with Crippen LogP contribution >= 0.6 is 12.2 Å². The first-order valence-corrected chi connectivity index (χ1v) is 10.3. The number of H-pyrrole nitrogens is 1. The highest BCUT2D eigenvalue weighted by Crippen LogP contribution is 2.14. The summed E-state index contributed by atoms with van der Waals surface area (Å²) in [7, 11) is 1.59. The van der Waals surface area contributed by atoms with Gasteiger partial charge in [-0.2, -0.15) is 9.61 Å². The number of carbonyl (C=O) groups is 1. The van der Waals surface area contributed by atoms with Gasteiger partial charge in [-0.05, 0) is 67.0 Å². The first kappa shape index (κ1) is 21.4. The number of hydrogen-bond acceptors (Lipinski definition) is 6. The number of aromatic amines is 1. The van der Waals surface area contributed by atoms with Crippen molar-refractivity contribution in [2.45, 2.75) is 26.8 Å². The van der Waals surface area contributed by atoms with E-state index in [1.807, 2.05) is 56.3 Å². The SMILES string of the molecule is COc1ccc(Cc2nn3c(=S)n(CC(=O)Nc4cc(C)cc(C)c4)nc3[nH]c2=O)cc1. The van der Waals surface area contributed by atoms with Crippen LogP contribution in [-0.4, -0.2) is 37.4 Å². The van der Waals surface area contributed by atoms with Crippen molar-refractivity contribution < 1.29 is 9.53 Å². The first-order chi connectivity index (χ1) is 15.3. The molecule has 164 valence electrons. The molecule has 32 heavy (non-hydrogen) atoms. The molecule has 0 atom stereocenters. The Kier molecular flexibility index (Phi) is 5.87. The molecule has 0 aliphatic heterocycles. The molecule has 0 fully saturated rings. The Balaban J connectivity index is 1.57. The van der Waals surface area contributed by atoms with Crippen LogP contribution in [0.5, 0.6) is 5.75 Å². The molecule has 0 bridgehead atoms. The third-order valence-corrected chi connectivity index (χ3v) is 5.24. The van der Waals surface area contributed by atoms with Crippen LogP contribution in [-0.2, 0) is 17.8 Å². The molecule has 0 radical (unpaired) electrons. The molecule has 0 saturated heterocycles. The molecular formula is C22H22N6O3S. The number of carbonyl (C=O) groups excluding carboxylic acids is 1. The number of amides is 1. The maximum atomic E-state index is 12.5. The number of methoxy groups -OCH3 is 1. The Labute approximate surface area is 188 Å². The van der Waals surface area contributed by atoms with Crippen molar-refractivity contribution in [3.8, 4) is 5.75 Å². The molecule has 2 N–H and O–H groups in total. The molecule has 9 nitrogen and oxygen atoms in total. The van der Waals surface area contributed by atoms with Gasteiger partial charge in [0.25, 0.3) is 11.3 Å². The van der Waals surface area contributed by atoms with Crippen molar-refractivity contribution in [2.75, 3.05) is 12.4 Å². The lowest BCUT2D eigenvalue weighted by Gasteiger charge is -2.07. The molecule has 2 aromatic heterocycles. The number of ether oxygens (including phenoxy) is 1. The molecule has 0 spiro atoms. The van der Waals surface area contributed by atoms with Gasteiger partial charge in [-0.3, -0.25) is 14.6 Å². The summed E-state index contributed by atoms with van der Waals surface area (Å²) in [6.45, 7) is 3.82. The molecule has 4 rings (SSSR count). The zero-order valence-electron chi connectivity index (χ0n) is 17.9. The zero-order chi connectivity index (χ0) is 22.8. The van der Waals surface area contributed by atoms with Gasteiger partial charge in [-0.25, -0.2) is 4.68 Å². The van der Waals surface area contributed by atoms with E-state index in [9.17, 15) is 9.59 Å². The maximum Gasteiger partial charge on any atom is 0.274 e. The number of benzene rings is 2. The monoisotopic (exact) mass is 450 g/mol. The third kappa shape index (κ3) is 4.59. The lowest BCUT2D eigenvalue weighted by molar-refractivity contribution is -0.116. The third-order valence-electron chi connectivity index (χ3n) is 4.86. The molecule has 0 unspecified atom stereocenters. The Hall–Kier alpha value is -3.79. The van der Waals surface area contributed by atoms with Gasteiger partial charge in [0.05, 0.1) is 7.11 Å². The minimum Gasteiger partial charge on any atom is -0.497 e. The van der Waals surface area contributed by atoms with E-state index < -0.39 is 0 Å². The Morgan fingerprint density at radius 3 is 2.47 bits per heavy atom. The van der Waals surface area contributed by atoms with E-state index in [2.05, 4.69) is 20.5 Å². The fourth-order valence-corrected chi connectivity index (χ4v) is 3.68. The van der Waals surface area contributed by atoms with Crippen LogP contribution < -0.4 is 15.6 Å². The number of nitrogens with one attached hydrogen (secondary N) is 2. The number of hydrogen-bond donors (Lipinski definition) is 2. The molecule has 0 aliphatic rings. The van der Waals surface area contributed by atoms with Crippen LogP contribution in [0.1, 0.15) is 22.4 Å². The van der Waals surface area contributed by atoms with Gasteiger partial charge < -0.3 is 10.1 Å². The topological polar surface area (TPSA) is 106 Å². The summed E-state index contributed by atoms with van der Waals surface area (Å²) in [5, 5.41) is 11.5. The van der Waals surface area contributed by atoms with E-state index in [0.29, 0.717) is 12.1 Å². The van der Waals surface area contributed by atoms with E-state index >= 15 is 0 Å². The second kappa shape index (κ2) is 8.75. The summed E-state index contributed by atoms with van der Waals surface area (Å²) in [6.07, 6.45) is 0.315. The van der Waals surface area contributed by atoms with Crippen LogP contribution in [0, 0.1) is 18.6 Å². The fraction of sp³-hybridized carbons (Fsp3) is 0.227. The minimum atomic E-state index is -0.361. The van der Waals surface area contributed by atoms with Crippen LogP contribution in [0.15, 0.2) is 47.3 Å². The van der Waals surface area contributed by atoms with Gasteiger partial charge in [0.2, 0.25) is 10.7 Å². The van der Waals surface area contributed by atoms with Crippen molar-refractivity contribution in [3.63, 3.8) is 0 Å². The average molecular weight is 451 g/mol. The number of anilines is 1. The zero-order valence-corrected chi connectivity index (χ0v) is 18.7. The summed E-state index contributed by atoms with van der Waals surface area (Å²) in [5.74, 6) is 0.627. The number of fused-ring (bicyclic) bond motifs is 1. The average Bonchev–Trinajstić information content (AvgIpc) is 3.02. The highest BCUT2D eigenvalue weighted by molar-refractivity contribution is 7.71. The largest absolute Gasteiger partial charge is 0.497 e. The summed E-state index contributed by atoms with van der Waals surface area (Å²) in [4.78, 5) is 27.7. The molecule has 2 aromatic carbocycles. The minimum absolute atomic E-state index is 0.106. The molecular weight excluding hydrogens is 428 g/mol. The highest BCUT2D eigenvalue weighted by atomic mass is 32.1. The predicted octanol–water partition coefficient (Wildman–Crippen LogP) is 2.80. The molecule has 1 amide bonds. The second-order valence-electron chi connectivity index (χ2n) is 7.53. The maximum absolute atomic E-state index is 12.5. The van der Waals surface area contributed by atoms with E-state index in [1.54, 1.807) is 7.11 Å². The van der Waals surface area contributed by atoms with Gasteiger partial charge in [0.1, 0.15) is 18.0 Å². The Morgan fingerprint density at radius 2 is 1.81 bits per heavy atom. The van der Waals surface area contributed by atoms with Crippen molar-refractivity contribution in [2.24, 2.45) is 0 Å². The van der Waals surface area contributed by atoms with E-state index in [0.717, 1.165) is 22.4 Å². The van der Waals surface area contributed by atoms with Gasteiger partial charge in [-0.1, -0.05) is 18.2 Å². The number of aryl methyl sites for hydroxylation is 2. The van der Waals surface area contributed by atoms with Gasteiger partial charge >= 0.3 is 0 Å². The Morgan fingerprint density at radius 1 is 1.12 bits per heavy atom. The summed E-state index contributed by atoms with van der Waals surface area (Å²) < 4.78 is 8.06. The van der Waals surface area contributed by atoms with E-state index in [-0.39, 0.29) is 34.3 Å². The summed E-state index contributed by atoms with van der Waals surface area (Å²) >= 11 is 5.43. The smallest absolute Gasteiger partial charge is 0.274 e. The quantitative estimate of drug-likeness (QED) is 0.438. The predicted molar refractivity (Wildman–Crippen MR) is 123 cm³/mol. The van der Waals surface area contributed by atoms with Gasteiger partial charge in [0.15, 0.2) is 0 Å². The number of rotatable bonds is 6.